The molecule has 0 radical (unpaired) electrons. The summed E-state index contributed by atoms with van der Waals surface area (Å²) in [6.45, 7) is 1.51. The van der Waals surface area contributed by atoms with Crippen LogP contribution >= 0.6 is 0 Å². The average Bonchev–Trinajstić information content (AvgIpc) is 2.65. The molecule has 1 aromatic rings. The SMILES string of the molecule is OC[C@@H](O)CCCCCCCCCCCCCOCc1ccccc1. The summed E-state index contributed by atoms with van der Waals surface area (Å²) in [4.78, 5) is 0. The first-order chi connectivity index (χ1) is 12.3. The third-order valence-corrected chi connectivity index (χ3v) is 4.65. The molecular weight excluding hydrogens is 312 g/mol. The summed E-state index contributed by atoms with van der Waals surface area (Å²) < 4.78 is 5.70. The summed E-state index contributed by atoms with van der Waals surface area (Å²) in [6, 6.07) is 10.4. The van der Waals surface area contributed by atoms with E-state index in [0.29, 0.717) is 0 Å². The molecule has 0 aliphatic rings. The van der Waals surface area contributed by atoms with Crippen molar-refractivity contribution in [1.82, 2.24) is 0 Å². The van der Waals surface area contributed by atoms with E-state index < -0.39 is 6.10 Å². The zero-order valence-corrected chi connectivity index (χ0v) is 15.9. The molecule has 3 nitrogen and oxygen atoms in total. The van der Waals surface area contributed by atoms with Crippen LogP contribution in [0.1, 0.15) is 82.6 Å². The molecule has 0 saturated heterocycles. The number of benzene rings is 1. The van der Waals surface area contributed by atoms with E-state index in [9.17, 15) is 5.11 Å². The van der Waals surface area contributed by atoms with Crippen LogP contribution in [-0.2, 0) is 11.3 Å². The maximum Gasteiger partial charge on any atom is 0.0770 e. The van der Waals surface area contributed by atoms with E-state index in [1.807, 2.05) is 6.07 Å². The van der Waals surface area contributed by atoms with Crippen molar-refractivity contribution in [2.75, 3.05) is 13.2 Å². The summed E-state index contributed by atoms with van der Waals surface area (Å²) in [5.41, 5.74) is 1.26. The number of aliphatic hydroxyl groups excluding tert-OH is 2. The fourth-order valence-corrected chi connectivity index (χ4v) is 3.03. The maximum atomic E-state index is 9.24. The van der Waals surface area contributed by atoms with Gasteiger partial charge in [-0.1, -0.05) is 94.5 Å². The quantitative estimate of drug-likeness (QED) is 0.378. The fourth-order valence-electron chi connectivity index (χ4n) is 3.03. The van der Waals surface area contributed by atoms with Gasteiger partial charge in [0, 0.05) is 6.61 Å². The number of ether oxygens (including phenoxy) is 1. The van der Waals surface area contributed by atoms with Gasteiger partial charge >= 0.3 is 0 Å². The molecule has 0 aromatic heterocycles. The molecular formula is C22H38O3. The Morgan fingerprint density at radius 3 is 1.80 bits per heavy atom. The van der Waals surface area contributed by atoms with Crippen molar-refractivity contribution in [3.63, 3.8) is 0 Å². The third kappa shape index (κ3) is 14.0. The molecule has 0 saturated carbocycles. The molecule has 0 aliphatic heterocycles. The van der Waals surface area contributed by atoms with Crippen LogP contribution in [0.5, 0.6) is 0 Å². The molecule has 0 bridgehead atoms. The highest BCUT2D eigenvalue weighted by Gasteiger charge is 2.00. The second-order valence-corrected chi connectivity index (χ2v) is 7.05. The van der Waals surface area contributed by atoms with Crippen LogP contribution in [0.25, 0.3) is 0 Å². The zero-order valence-electron chi connectivity index (χ0n) is 15.9. The van der Waals surface area contributed by atoms with Crippen molar-refractivity contribution in [2.24, 2.45) is 0 Å². The Morgan fingerprint density at radius 2 is 1.24 bits per heavy atom. The Kier molecular flexibility index (Phi) is 14.7. The van der Waals surface area contributed by atoms with Gasteiger partial charge in [-0.25, -0.2) is 0 Å². The molecule has 0 amide bonds. The topological polar surface area (TPSA) is 49.7 Å². The van der Waals surface area contributed by atoms with Crippen molar-refractivity contribution in [1.29, 1.82) is 0 Å². The van der Waals surface area contributed by atoms with E-state index in [2.05, 4.69) is 24.3 Å². The molecule has 0 fully saturated rings. The lowest BCUT2D eigenvalue weighted by molar-refractivity contribution is 0.0860. The number of aliphatic hydroxyl groups is 2. The summed E-state index contributed by atoms with van der Waals surface area (Å²) >= 11 is 0. The van der Waals surface area contributed by atoms with Gasteiger partial charge in [0.1, 0.15) is 0 Å². The number of hydrogen-bond acceptors (Lipinski definition) is 3. The number of hydrogen-bond donors (Lipinski definition) is 2. The van der Waals surface area contributed by atoms with Crippen molar-refractivity contribution in [3.05, 3.63) is 35.9 Å². The van der Waals surface area contributed by atoms with E-state index in [4.69, 9.17) is 9.84 Å². The van der Waals surface area contributed by atoms with Gasteiger partial charge in [-0.05, 0) is 18.4 Å². The van der Waals surface area contributed by atoms with Crippen LogP contribution in [0, 0.1) is 0 Å². The largest absolute Gasteiger partial charge is 0.394 e. The highest BCUT2D eigenvalue weighted by Crippen LogP contribution is 2.12. The van der Waals surface area contributed by atoms with Gasteiger partial charge < -0.3 is 14.9 Å². The minimum Gasteiger partial charge on any atom is -0.394 e. The van der Waals surface area contributed by atoms with Gasteiger partial charge in [0.15, 0.2) is 0 Å². The van der Waals surface area contributed by atoms with E-state index in [1.54, 1.807) is 0 Å². The van der Waals surface area contributed by atoms with Crippen LogP contribution in [-0.4, -0.2) is 29.5 Å². The lowest BCUT2D eigenvalue weighted by Gasteiger charge is -2.06. The third-order valence-electron chi connectivity index (χ3n) is 4.65. The Balaban J connectivity index is 1.72. The van der Waals surface area contributed by atoms with E-state index in [1.165, 1.54) is 69.8 Å². The maximum absolute atomic E-state index is 9.24. The number of rotatable bonds is 17. The molecule has 2 N–H and O–H groups in total. The van der Waals surface area contributed by atoms with Gasteiger partial charge in [-0.15, -0.1) is 0 Å². The van der Waals surface area contributed by atoms with E-state index in [0.717, 1.165) is 26.1 Å². The summed E-state index contributed by atoms with van der Waals surface area (Å²) in [7, 11) is 0. The standard InChI is InChI=1S/C22H38O3/c23-19-22(24)17-13-8-6-4-2-1-3-5-7-9-14-18-25-20-21-15-11-10-12-16-21/h10-12,15-16,22-24H,1-9,13-14,17-20H2/t22-/m0/s1. The van der Waals surface area contributed by atoms with Crippen molar-refractivity contribution < 1.29 is 14.9 Å². The van der Waals surface area contributed by atoms with Crippen LogP contribution in [0.2, 0.25) is 0 Å². The molecule has 0 spiro atoms. The molecule has 25 heavy (non-hydrogen) atoms. The molecule has 0 heterocycles. The fraction of sp³-hybridized carbons (Fsp3) is 0.727. The minimum atomic E-state index is -0.510. The lowest BCUT2D eigenvalue weighted by Crippen LogP contribution is -2.10. The Bertz CT molecular complexity index is 380. The molecule has 3 heteroatoms. The molecule has 1 rings (SSSR count). The molecule has 1 atom stereocenters. The zero-order chi connectivity index (χ0) is 18.0. The molecule has 144 valence electrons. The predicted octanol–water partition coefficient (Wildman–Crippen LogP) is 5.24. The molecule has 1 aromatic carbocycles. The highest BCUT2D eigenvalue weighted by atomic mass is 16.5. The van der Waals surface area contributed by atoms with Crippen LogP contribution in [0.15, 0.2) is 30.3 Å². The van der Waals surface area contributed by atoms with Crippen molar-refractivity contribution in [3.8, 4) is 0 Å². The molecule has 0 unspecified atom stereocenters. The van der Waals surface area contributed by atoms with Gasteiger partial charge in [0.2, 0.25) is 0 Å². The van der Waals surface area contributed by atoms with Crippen molar-refractivity contribution >= 4 is 0 Å². The first-order valence-corrected chi connectivity index (χ1v) is 10.2. The predicted molar refractivity (Wildman–Crippen MR) is 105 cm³/mol. The monoisotopic (exact) mass is 350 g/mol. The normalized spacial score (nSPS) is 12.4. The second kappa shape index (κ2) is 16.6. The lowest BCUT2D eigenvalue weighted by atomic mass is 10.0. The molecule has 0 aliphatic carbocycles. The van der Waals surface area contributed by atoms with Crippen molar-refractivity contribution in [2.45, 2.75) is 89.8 Å². The van der Waals surface area contributed by atoms with E-state index >= 15 is 0 Å². The highest BCUT2D eigenvalue weighted by molar-refractivity contribution is 5.13. The smallest absolute Gasteiger partial charge is 0.0770 e. The second-order valence-electron chi connectivity index (χ2n) is 7.05. The van der Waals surface area contributed by atoms with E-state index in [-0.39, 0.29) is 6.61 Å². The Hall–Kier alpha value is -0.900. The first-order valence-electron chi connectivity index (χ1n) is 10.2. The van der Waals surface area contributed by atoms with Crippen LogP contribution in [0.3, 0.4) is 0 Å². The first kappa shape index (κ1) is 22.1. The Labute approximate surface area is 154 Å². The average molecular weight is 351 g/mol. The summed E-state index contributed by atoms with van der Waals surface area (Å²) in [6.07, 6.45) is 14.2. The summed E-state index contributed by atoms with van der Waals surface area (Å²) in [5, 5.41) is 18.0. The van der Waals surface area contributed by atoms with Gasteiger partial charge in [0.05, 0.1) is 19.3 Å². The van der Waals surface area contributed by atoms with Gasteiger partial charge in [0.25, 0.3) is 0 Å². The summed E-state index contributed by atoms with van der Waals surface area (Å²) in [5.74, 6) is 0. The minimum absolute atomic E-state index is 0.0981. The van der Waals surface area contributed by atoms with Gasteiger partial charge in [-0.2, -0.15) is 0 Å². The van der Waals surface area contributed by atoms with Crippen LogP contribution in [0.4, 0.5) is 0 Å². The number of unbranched alkanes of at least 4 members (excludes halogenated alkanes) is 10. The van der Waals surface area contributed by atoms with Gasteiger partial charge in [-0.3, -0.25) is 0 Å². The Morgan fingerprint density at radius 1 is 0.720 bits per heavy atom. The van der Waals surface area contributed by atoms with Crippen LogP contribution < -0.4 is 0 Å².